The summed E-state index contributed by atoms with van der Waals surface area (Å²) in [6.07, 6.45) is 1.74. The first-order valence-electron chi connectivity index (χ1n) is 4.89. The summed E-state index contributed by atoms with van der Waals surface area (Å²) in [6.45, 7) is 1.08. The van der Waals surface area contributed by atoms with Crippen molar-refractivity contribution in [3.05, 3.63) is 18.1 Å². The van der Waals surface area contributed by atoms with Crippen molar-refractivity contribution in [2.24, 2.45) is 5.84 Å². The monoisotopic (exact) mass is 225 g/mol. The van der Waals surface area contributed by atoms with E-state index in [9.17, 15) is 0 Å². The normalized spacial score (nSPS) is 22.7. The lowest BCUT2D eigenvalue weighted by Gasteiger charge is -2.30. The fourth-order valence-corrected chi connectivity index (χ4v) is 2.78. The molecule has 1 aromatic rings. The zero-order valence-electron chi connectivity index (χ0n) is 8.68. The van der Waals surface area contributed by atoms with Gasteiger partial charge in [-0.15, -0.1) is 0 Å². The van der Waals surface area contributed by atoms with E-state index in [4.69, 9.17) is 5.84 Å². The molecule has 5 nitrogen and oxygen atoms in total. The second-order valence-corrected chi connectivity index (χ2v) is 4.67. The third-order valence-electron chi connectivity index (χ3n) is 2.52. The van der Waals surface area contributed by atoms with E-state index in [0.29, 0.717) is 11.9 Å². The van der Waals surface area contributed by atoms with E-state index in [2.05, 4.69) is 27.3 Å². The van der Waals surface area contributed by atoms with Crippen LogP contribution in [0.5, 0.6) is 0 Å². The molecule has 82 valence electrons. The lowest BCUT2D eigenvalue weighted by Crippen LogP contribution is -2.34. The molecule has 0 bridgehead atoms. The molecule has 1 atom stereocenters. The number of nitrogens with two attached hydrogens (primary N) is 1. The van der Waals surface area contributed by atoms with Crippen LogP contribution in [-0.4, -0.2) is 40.0 Å². The van der Waals surface area contributed by atoms with Crippen LogP contribution in [0.1, 0.15) is 11.9 Å². The highest BCUT2D eigenvalue weighted by Crippen LogP contribution is 2.25. The molecule has 2 rings (SSSR count). The number of nitrogens with zero attached hydrogens (tertiary/aromatic N) is 3. The summed E-state index contributed by atoms with van der Waals surface area (Å²) in [5.74, 6) is 9.07. The van der Waals surface area contributed by atoms with Gasteiger partial charge in [0, 0.05) is 30.3 Å². The summed E-state index contributed by atoms with van der Waals surface area (Å²) in [7, 11) is 2.11. The van der Waals surface area contributed by atoms with Crippen molar-refractivity contribution in [3.8, 4) is 0 Å². The average molecular weight is 225 g/mol. The highest BCUT2D eigenvalue weighted by atomic mass is 32.2. The molecular formula is C9H15N5S. The number of rotatable bonds is 2. The minimum Gasteiger partial charge on any atom is -0.308 e. The summed E-state index contributed by atoms with van der Waals surface area (Å²) in [5, 5.41) is 0. The van der Waals surface area contributed by atoms with Crippen molar-refractivity contribution in [1.82, 2.24) is 14.9 Å². The first kappa shape index (κ1) is 10.7. The largest absolute Gasteiger partial charge is 0.308 e. The van der Waals surface area contributed by atoms with Crippen LogP contribution in [0, 0.1) is 0 Å². The molecule has 3 N–H and O–H groups in total. The fourth-order valence-electron chi connectivity index (χ4n) is 1.57. The van der Waals surface area contributed by atoms with Crippen molar-refractivity contribution < 1.29 is 0 Å². The molecule has 0 amide bonds. The summed E-state index contributed by atoms with van der Waals surface area (Å²) < 4.78 is 0. The van der Waals surface area contributed by atoms with Crippen molar-refractivity contribution >= 4 is 17.6 Å². The smallest absolute Gasteiger partial charge is 0.148 e. The molecule has 1 aliphatic heterocycles. The van der Waals surface area contributed by atoms with Gasteiger partial charge >= 0.3 is 0 Å². The molecule has 0 radical (unpaired) electrons. The Labute approximate surface area is 93.4 Å². The predicted molar refractivity (Wildman–Crippen MR) is 62.5 cm³/mol. The Kier molecular flexibility index (Phi) is 3.40. The van der Waals surface area contributed by atoms with Crippen molar-refractivity contribution in [1.29, 1.82) is 0 Å². The zero-order valence-corrected chi connectivity index (χ0v) is 9.50. The van der Waals surface area contributed by atoms with Gasteiger partial charge in [-0.2, -0.15) is 11.8 Å². The van der Waals surface area contributed by atoms with Crippen molar-refractivity contribution in [3.63, 3.8) is 0 Å². The first-order valence-corrected chi connectivity index (χ1v) is 6.04. The summed E-state index contributed by atoms with van der Waals surface area (Å²) in [6, 6.07) is 2.07. The van der Waals surface area contributed by atoms with Crippen molar-refractivity contribution in [2.45, 2.75) is 6.04 Å². The molecule has 1 aromatic heterocycles. The minimum atomic E-state index is 0.303. The molecule has 1 saturated heterocycles. The maximum Gasteiger partial charge on any atom is 0.148 e. The SMILES string of the molecule is CN1CCSCC1c1nccc(NN)n1. The molecule has 1 unspecified atom stereocenters. The standard InChI is InChI=1S/C9H15N5S/c1-14-4-5-15-6-7(14)9-11-3-2-8(12-9)13-10/h2-3,7H,4-6,10H2,1H3,(H,11,12,13). The second kappa shape index (κ2) is 4.78. The summed E-state index contributed by atoms with van der Waals surface area (Å²) in [5.41, 5.74) is 2.54. The number of thioether (sulfide) groups is 1. The topological polar surface area (TPSA) is 67.1 Å². The quantitative estimate of drug-likeness (QED) is 0.564. The Bertz CT molecular complexity index is 332. The average Bonchev–Trinajstić information content (AvgIpc) is 2.30. The number of hydrazine groups is 1. The maximum atomic E-state index is 5.32. The maximum absolute atomic E-state index is 5.32. The van der Waals surface area contributed by atoms with Gasteiger partial charge in [0.25, 0.3) is 0 Å². The molecule has 1 fully saturated rings. The number of nitrogens with one attached hydrogen (secondary N) is 1. The minimum absolute atomic E-state index is 0.303. The van der Waals surface area contributed by atoms with Gasteiger partial charge in [0.2, 0.25) is 0 Å². The Morgan fingerprint density at radius 2 is 2.53 bits per heavy atom. The summed E-state index contributed by atoms with van der Waals surface area (Å²) in [4.78, 5) is 10.9. The van der Waals surface area contributed by atoms with Crippen LogP contribution < -0.4 is 11.3 Å². The van der Waals surface area contributed by atoms with E-state index in [1.54, 1.807) is 12.3 Å². The van der Waals surface area contributed by atoms with E-state index >= 15 is 0 Å². The molecule has 6 heteroatoms. The Morgan fingerprint density at radius 3 is 3.27 bits per heavy atom. The van der Waals surface area contributed by atoms with E-state index in [0.717, 1.165) is 18.1 Å². The number of hydrogen-bond donors (Lipinski definition) is 2. The molecule has 0 aromatic carbocycles. The number of anilines is 1. The van der Waals surface area contributed by atoms with Crippen LogP contribution >= 0.6 is 11.8 Å². The van der Waals surface area contributed by atoms with Crippen LogP contribution in [-0.2, 0) is 0 Å². The van der Waals surface area contributed by atoms with Crippen molar-refractivity contribution in [2.75, 3.05) is 30.5 Å². The van der Waals surface area contributed by atoms with E-state index < -0.39 is 0 Å². The van der Waals surface area contributed by atoms with E-state index in [1.807, 2.05) is 11.8 Å². The lowest BCUT2D eigenvalue weighted by atomic mass is 10.2. The molecular weight excluding hydrogens is 210 g/mol. The van der Waals surface area contributed by atoms with Crippen LogP contribution in [0.3, 0.4) is 0 Å². The third kappa shape index (κ3) is 2.39. The van der Waals surface area contributed by atoms with Crippen LogP contribution in [0.25, 0.3) is 0 Å². The fraction of sp³-hybridized carbons (Fsp3) is 0.556. The zero-order chi connectivity index (χ0) is 10.7. The molecule has 0 spiro atoms. The van der Waals surface area contributed by atoms with Crippen LogP contribution in [0.4, 0.5) is 5.82 Å². The van der Waals surface area contributed by atoms with Gasteiger partial charge in [-0.25, -0.2) is 15.8 Å². The predicted octanol–water partition coefficient (Wildman–Crippen LogP) is 0.482. The van der Waals surface area contributed by atoms with Gasteiger partial charge in [-0.1, -0.05) is 0 Å². The number of aromatic nitrogens is 2. The van der Waals surface area contributed by atoms with Crippen LogP contribution in [0.15, 0.2) is 12.3 Å². The van der Waals surface area contributed by atoms with Gasteiger partial charge in [0.05, 0.1) is 6.04 Å². The summed E-state index contributed by atoms with van der Waals surface area (Å²) >= 11 is 1.94. The van der Waals surface area contributed by atoms with Gasteiger partial charge in [-0.3, -0.25) is 4.90 Å². The third-order valence-corrected chi connectivity index (χ3v) is 3.54. The molecule has 15 heavy (non-hydrogen) atoms. The number of nitrogen functional groups attached to an aromatic ring is 1. The number of hydrogen-bond acceptors (Lipinski definition) is 6. The lowest BCUT2D eigenvalue weighted by molar-refractivity contribution is 0.264. The highest BCUT2D eigenvalue weighted by molar-refractivity contribution is 7.99. The molecule has 0 aliphatic carbocycles. The van der Waals surface area contributed by atoms with E-state index in [1.165, 1.54) is 5.75 Å². The van der Waals surface area contributed by atoms with Gasteiger partial charge in [-0.05, 0) is 7.05 Å². The molecule has 0 saturated carbocycles. The molecule has 1 aliphatic rings. The van der Waals surface area contributed by atoms with Crippen LogP contribution in [0.2, 0.25) is 0 Å². The van der Waals surface area contributed by atoms with Gasteiger partial charge in [0.15, 0.2) is 0 Å². The van der Waals surface area contributed by atoms with Gasteiger partial charge < -0.3 is 5.43 Å². The van der Waals surface area contributed by atoms with Gasteiger partial charge in [0.1, 0.15) is 11.6 Å². The Balaban J connectivity index is 2.19. The Hall–Kier alpha value is -0.850. The first-order chi connectivity index (χ1) is 7.31. The highest BCUT2D eigenvalue weighted by Gasteiger charge is 2.23. The molecule has 2 heterocycles. The second-order valence-electron chi connectivity index (χ2n) is 3.52. The Morgan fingerprint density at radius 1 is 1.67 bits per heavy atom. The van der Waals surface area contributed by atoms with E-state index in [-0.39, 0.29) is 0 Å².